The van der Waals surface area contributed by atoms with Crippen molar-refractivity contribution in [2.45, 2.75) is 52.7 Å². The van der Waals surface area contributed by atoms with Crippen LogP contribution in [0.15, 0.2) is 18.7 Å². The van der Waals surface area contributed by atoms with Crippen LogP contribution >= 0.6 is 0 Å². The summed E-state index contributed by atoms with van der Waals surface area (Å²) in [6.07, 6.45) is 7.77. The molecule has 0 aliphatic carbocycles. The summed E-state index contributed by atoms with van der Waals surface area (Å²) >= 11 is 0. The molecule has 1 N–H and O–H groups in total. The van der Waals surface area contributed by atoms with Crippen LogP contribution in [0.1, 0.15) is 51.0 Å². The fourth-order valence-corrected chi connectivity index (χ4v) is 2.34. The van der Waals surface area contributed by atoms with Gasteiger partial charge in [0.1, 0.15) is 18.7 Å². The zero-order valence-corrected chi connectivity index (χ0v) is 12.6. The van der Waals surface area contributed by atoms with Gasteiger partial charge in [0, 0.05) is 24.3 Å². The van der Waals surface area contributed by atoms with Gasteiger partial charge in [0.15, 0.2) is 0 Å². The lowest BCUT2D eigenvalue weighted by atomic mass is 10.1. The highest BCUT2D eigenvalue weighted by Crippen LogP contribution is 2.15. The molecule has 0 saturated heterocycles. The molecular formula is C14H24N6. The summed E-state index contributed by atoms with van der Waals surface area (Å²) in [5, 5.41) is 12.1. The first-order valence-electron chi connectivity index (χ1n) is 7.40. The van der Waals surface area contributed by atoms with Gasteiger partial charge in [0.25, 0.3) is 0 Å². The minimum atomic E-state index is 0.377. The molecule has 1 unspecified atom stereocenters. The van der Waals surface area contributed by atoms with Crippen LogP contribution in [0.4, 0.5) is 0 Å². The van der Waals surface area contributed by atoms with Crippen LogP contribution in [-0.4, -0.2) is 31.1 Å². The summed E-state index contributed by atoms with van der Waals surface area (Å²) in [5.41, 5.74) is 1.23. The molecule has 0 aliphatic rings. The van der Waals surface area contributed by atoms with Crippen LogP contribution in [-0.2, 0) is 13.1 Å². The van der Waals surface area contributed by atoms with E-state index in [1.54, 1.807) is 6.33 Å². The average molecular weight is 276 g/mol. The molecule has 20 heavy (non-hydrogen) atoms. The van der Waals surface area contributed by atoms with Crippen LogP contribution < -0.4 is 5.32 Å². The van der Waals surface area contributed by atoms with Gasteiger partial charge in [0.05, 0.1) is 6.20 Å². The zero-order chi connectivity index (χ0) is 14.4. The number of rotatable bonds is 8. The molecule has 0 bridgehead atoms. The van der Waals surface area contributed by atoms with Crippen molar-refractivity contribution >= 4 is 0 Å². The third-order valence-electron chi connectivity index (χ3n) is 3.35. The average Bonchev–Trinajstić information content (AvgIpc) is 3.07. The quantitative estimate of drug-likeness (QED) is 0.801. The van der Waals surface area contributed by atoms with Gasteiger partial charge in [-0.1, -0.05) is 20.8 Å². The third-order valence-corrected chi connectivity index (χ3v) is 3.35. The van der Waals surface area contributed by atoms with Crippen LogP contribution in [0.2, 0.25) is 0 Å². The second-order valence-corrected chi connectivity index (χ2v) is 4.89. The van der Waals surface area contributed by atoms with Crippen molar-refractivity contribution in [3.8, 4) is 0 Å². The number of hydrogen-bond acceptors (Lipinski definition) is 4. The fraction of sp³-hybridized carbons (Fsp3) is 0.643. The molecule has 1 atom stereocenters. The topological polar surface area (TPSA) is 60.6 Å². The maximum atomic E-state index is 4.44. The van der Waals surface area contributed by atoms with E-state index >= 15 is 0 Å². The molecule has 0 amide bonds. The van der Waals surface area contributed by atoms with Crippen molar-refractivity contribution in [1.29, 1.82) is 0 Å². The van der Waals surface area contributed by atoms with E-state index < -0.39 is 0 Å². The standard InChI is InChI=1S/C14H24N6/c1-4-7-20-14(16-11-18-20)10-19-9-12(8-17-19)13(5-2)15-6-3/h8-9,11,13,15H,4-7,10H2,1-3H3. The Morgan fingerprint density at radius 1 is 1.25 bits per heavy atom. The summed E-state index contributed by atoms with van der Waals surface area (Å²) in [6, 6.07) is 0.377. The van der Waals surface area contributed by atoms with E-state index in [0.717, 1.165) is 31.8 Å². The normalized spacial score (nSPS) is 12.8. The second-order valence-electron chi connectivity index (χ2n) is 4.89. The Morgan fingerprint density at radius 3 is 2.80 bits per heavy atom. The lowest BCUT2D eigenvalue weighted by Crippen LogP contribution is -2.19. The summed E-state index contributed by atoms with van der Waals surface area (Å²) in [7, 11) is 0. The Bertz CT molecular complexity index is 515. The summed E-state index contributed by atoms with van der Waals surface area (Å²) < 4.78 is 3.88. The highest BCUT2D eigenvalue weighted by atomic mass is 15.4. The first-order valence-corrected chi connectivity index (χ1v) is 7.40. The smallest absolute Gasteiger partial charge is 0.148 e. The molecular weight excluding hydrogens is 252 g/mol. The number of nitrogens with one attached hydrogen (secondary N) is 1. The Morgan fingerprint density at radius 2 is 2.10 bits per heavy atom. The molecule has 6 heteroatoms. The molecule has 0 saturated carbocycles. The number of nitrogens with zero attached hydrogens (tertiary/aromatic N) is 5. The third kappa shape index (κ3) is 3.45. The molecule has 2 rings (SSSR count). The number of hydrogen-bond donors (Lipinski definition) is 1. The van der Waals surface area contributed by atoms with Gasteiger partial charge in [-0.25, -0.2) is 9.67 Å². The first kappa shape index (κ1) is 14.7. The first-order chi connectivity index (χ1) is 9.78. The highest BCUT2D eigenvalue weighted by molar-refractivity contribution is 5.10. The van der Waals surface area contributed by atoms with Gasteiger partial charge in [-0.15, -0.1) is 0 Å². The molecule has 2 aromatic rings. The van der Waals surface area contributed by atoms with E-state index in [2.05, 4.69) is 47.5 Å². The summed E-state index contributed by atoms with van der Waals surface area (Å²) in [4.78, 5) is 4.32. The molecule has 6 nitrogen and oxygen atoms in total. The maximum Gasteiger partial charge on any atom is 0.148 e. The molecule has 0 aliphatic heterocycles. The molecule has 0 fully saturated rings. The molecule has 2 aromatic heterocycles. The second kappa shape index (κ2) is 7.19. The lowest BCUT2D eigenvalue weighted by molar-refractivity contribution is 0.530. The molecule has 0 radical (unpaired) electrons. The van der Waals surface area contributed by atoms with Crippen molar-refractivity contribution in [1.82, 2.24) is 29.9 Å². The van der Waals surface area contributed by atoms with Gasteiger partial charge in [-0.2, -0.15) is 10.2 Å². The minimum Gasteiger partial charge on any atom is -0.310 e. The van der Waals surface area contributed by atoms with E-state index in [1.807, 2.05) is 15.6 Å². The van der Waals surface area contributed by atoms with E-state index in [9.17, 15) is 0 Å². The monoisotopic (exact) mass is 276 g/mol. The fourth-order valence-electron chi connectivity index (χ4n) is 2.34. The van der Waals surface area contributed by atoms with Crippen molar-refractivity contribution in [2.24, 2.45) is 0 Å². The molecule has 110 valence electrons. The van der Waals surface area contributed by atoms with E-state index in [-0.39, 0.29) is 0 Å². The van der Waals surface area contributed by atoms with Crippen LogP contribution in [0, 0.1) is 0 Å². The van der Waals surface area contributed by atoms with Gasteiger partial charge in [0.2, 0.25) is 0 Å². The van der Waals surface area contributed by atoms with Crippen molar-refractivity contribution < 1.29 is 0 Å². The van der Waals surface area contributed by atoms with Gasteiger partial charge in [-0.05, 0) is 19.4 Å². The van der Waals surface area contributed by atoms with Crippen LogP contribution in [0.25, 0.3) is 0 Å². The van der Waals surface area contributed by atoms with Crippen LogP contribution in [0.3, 0.4) is 0 Å². The van der Waals surface area contributed by atoms with E-state index in [4.69, 9.17) is 0 Å². The Kier molecular flexibility index (Phi) is 5.29. The Hall–Kier alpha value is -1.69. The van der Waals surface area contributed by atoms with Crippen molar-refractivity contribution in [2.75, 3.05) is 6.54 Å². The largest absolute Gasteiger partial charge is 0.310 e. The zero-order valence-electron chi connectivity index (χ0n) is 12.6. The van der Waals surface area contributed by atoms with Gasteiger partial charge in [-0.3, -0.25) is 4.68 Å². The lowest BCUT2D eigenvalue weighted by Gasteiger charge is -2.13. The molecule has 2 heterocycles. The van der Waals surface area contributed by atoms with Crippen LogP contribution in [0.5, 0.6) is 0 Å². The number of aromatic nitrogens is 5. The van der Waals surface area contributed by atoms with Crippen molar-refractivity contribution in [3.63, 3.8) is 0 Å². The number of aryl methyl sites for hydroxylation is 1. The summed E-state index contributed by atoms with van der Waals surface area (Å²) in [6.45, 7) is 8.98. The molecule has 0 aromatic carbocycles. The van der Waals surface area contributed by atoms with Crippen molar-refractivity contribution in [3.05, 3.63) is 30.1 Å². The Labute approximate surface area is 120 Å². The SMILES string of the molecule is CCCn1ncnc1Cn1cc(C(CC)NCC)cn1. The van der Waals surface area contributed by atoms with E-state index in [1.165, 1.54) is 5.56 Å². The van der Waals surface area contributed by atoms with Gasteiger partial charge >= 0.3 is 0 Å². The minimum absolute atomic E-state index is 0.377. The van der Waals surface area contributed by atoms with E-state index in [0.29, 0.717) is 12.6 Å². The molecule has 0 spiro atoms. The Balaban J connectivity index is 2.07. The predicted octanol–water partition coefficient (Wildman–Crippen LogP) is 1.99. The highest BCUT2D eigenvalue weighted by Gasteiger charge is 2.11. The maximum absolute atomic E-state index is 4.44. The van der Waals surface area contributed by atoms with Gasteiger partial charge < -0.3 is 5.32 Å². The predicted molar refractivity (Wildman–Crippen MR) is 78.4 cm³/mol. The summed E-state index contributed by atoms with van der Waals surface area (Å²) in [5.74, 6) is 0.956.